The molecule has 3 aromatic rings. The Hall–Kier alpha value is -2.80. The Morgan fingerprint density at radius 1 is 1.12 bits per heavy atom. The summed E-state index contributed by atoms with van der Waals surface area (Å²) in [6, 6.07) is 17.2. The van der Waals surface area contributed by atoms with Gasteiger partial charge in [0, 0.05) is 24.8 Å². The molecule has 0 saturated heterocycles. The number of thioether (sulfide) groups is 1. The zero-order chi connectivity index (χ0) is 17.6. The van der Waals surface area contributed by atoms with Gasteiger partial charge in [-0.05, 0) is 29.8 Å². The maximum absolute atomic E-state index is 12.1. The van der Waals surface area contributed by atoms with Gasteiger partial charge in [0.1, 0.15) is 5.82 Å². The van der Waals surface area contributed by atoms with Gasteiger partial charge in [0.2, 0.25) is 5.91 Å². The number of hydrogen-bond donors (Lipinski definition) is 2. The molecule has 0 unspecified atom stereocenters. The number of benzene rings is 2. The summed E-state index contributed by atoms with van der Waals surface area (Å²) >= 11 is 1.36. The fraction of sp³-hybridized carbons (Fsp3) is 0.167. The Balaban J connectivity index is 1.56. The number of aromatic nitrogens is 3. The van der Waals surface area contributed by atoms with E-state index in [4.69, 9.17) is 5.73 Å². The molecule has 0 aliphatic heterocycles. The average molecular weight is 353 g/mol. The van der Waals surface area contributed by atoms with Gasteiger partial charge < -0.3 is 15.6 Å². The van der Waals surface area contributed by atoms with Crippen LogP contribution in [0.4, 0.5) is 11.4 Å². The van der Waals surface area contributed by atoms with Crippen LogP contribution >= 0.6 is 11.8 Å². The molecule has 0 spiro atoms. The predicted molar refractivity (Wildman–Crippen MR) is 100 cm³/mol. The minimum atomic E-state index is -0.0950. The maximum atomic E-state index is 12.1. The van der Waals surface area contributed by atoms with Gasteiger partial charge in [0.05, 0.1) is 5.75 Å². The molecule has 1 amide bonds. The molecule has 3 rings (SSSR count). The van der Waals surface area contributed by atoms with Crippen molar-refractivity contribution in [3.8, 4) is 0 Å². The fourth-order valence-electron chi connectivity index (χ4n) is 2.30. The molecule has 0 atom stereocenters. The second-order valence-corrected chi connectivity index (χ2v) is 6.52. The van der Waals surface area contributed by atoms with Crippen molar-refractivity contribution in [2.24, 2.45) is 7.05 Å². The van der Waals surface area contributed by atoms with E-state index in [9.17, 15) is 4.79 Å². The Labute approximate surface area is 150 Å². The van der Waals surface area contributed by atoms with Crippen LogP contribution < -0.4 is 11.1 Å². The molecule has 0 bridgehead atoms. The second-order valence-electron chi connectivity index (χ2n) is 5.58. The summed E-state index contributed by atoms with van der Waals surface area (Å²) in [5.41, 5.74) is 8.20. The molecule has 0 saturated carbocycles. The number of amides is 1. The molecule has 25 heavy (non-hydrogen) atoms. The lowest BCUT2D eigenvalue weighted by molar-refractivity contribution is -0.113. The topological polar surface area (TPSA) is 85.8 Å². The first-order valence-corrected chi connectivity index (χ1v) is 8.81. The molecule has 1 aromatic heterocycles. The second kappa shape index (κ2) is 7.85. The number of carbonyl (C=O) groups excluding carboxylic acids is 1. The van der Waals surface area contributed by atoms with Crippen LogP contribution in [-0.4, -0.2) is 26.4 Å². The standard InChI is InChI=1S/C18H19N5OS/c1-23-16(11-13-5-3-2-4-6-13)21-22-18(23)25-12-17(24)20-15-9-7-14(19)8-10-15/h2-10H,11-12,19H2,1H3,(H,20,24). The number of hydrogen-bond acceptors (Lipinski definition) is 5. The lowest BCUT2D eigenvalue weighted by atomic mass is 10.1. The number of anilines is 2. The highest BCUT2D eigenvalue weighted by molar-refractivity contribution is 7.99. The zero-order valence-corrected chi connectivity index (χ0v) is 14.7. The van der Waals surface area contributed by atoms with Crippen molar-refractivity contribution in [2.45, 2.75) is 11.6 Å². The van der Waals surface area contributed by atoms with Gasteiger partial charge in [-0.2, -0.15) is 0 Å². The lowest BCUT2D eigenvalue weighted by Crippen LogP contribution is -2.14. The van der Waals surface area contributed by atoms with Crippen molar-refractivity contribution in [2.75, 3.05) is 16.8 Å². The first kappa shape index (κ1) is 17.0. The molecule has 6 nitrogen and oxygen atoms in total. The van der Waals surface area contributed by atoms with Gasteiger partial charge in [0.15, 0.2) is 5.16 Å². The fourth-order valence-corrected chi connectivity index (χ4v) is 3.03. The average Bonchev–Trinajstić information content (AvgIpc) is 2.96. The van der Waals surface area contributed by atoms with Crippen molar-refractivity contribution < 1.29 is 4.79 Å². The van der Waals surface area contributed by atoms with E-state index in [0.717, 1.165) is 16.7 Å². The molecular weight excluding hydrogens is 334 g/mol. The third-order valence-corrected chi connectivity index (χ3v) is 4.68. The van der Waals surface area contributed by atoms with Crippen LogP contribution in [0.1, 0.15) is 11.4 Å². The van der Waals surface area contributed by atoms with Crippen LogP contribution in [0, 0.1) is 0 Å². The van der Waals surface area contributed by atoms with E-state index in [1.807, 2.05) is 29.8 Å². The summed E-state index contributed by atoms with van der Waals surface area (Å²) < 4.78 is 1.92. The summed E-state index contributed by atoms with van der Waals surface area (Å²) in [6.45, 7) is 0. The van der Waals surface area contributed by atoms with Crippen LogP contribution in [0.25, 0.3) is 0 Å². The van der Waals surface area contributed by atoms with E-state index >= 15 is 0 Å². The molecule has 0 aliphatic carbocycles. The minimum absolute atomic E-state index is 0.0950. The Kier molecular flexibility index (Phi) is 5.35. The minimum Gasteiger partial charge on any atom is -0.399 e. The molecular formula is C18H19N5OS. The maximum Gasteiger partial charge on any atom is 0.234 e. The smallest absolute Gasteiger partial charge is 0.234 e. The molecule has 7 heteroatoms. The molecule has 0 radical (unpaired) electrons. The molecule has 128 valence electrons. The SMILES string of the molecule is Cn1c(Cc2ccccc2)nnc1SCC(=O)Nc1ccc(N)cc1. The molecule has 3 N–H and O–H groups in total. The third kappa shape index (κ3) is 4.60. The molecule has 0 aliphatic rings. The number of rotatable bonds is 6. The molecule has 2 aromatic carbocycles. The zero-order valence-electron chi connectivity index (χ0n) is 13.8. The van der Waals surface area contributed by atoms with Crippen molar-refractivity contribution in [3.63, 3.8) is 0 Å². The summed E-state index contributed by atoms with van der Waals surface area (Å²) in [6.07, 6.45) is 0.711. The van der Waals surface area contributed by atoms with Gasteiger partial charge in [-0.1, -0.05) is 42.1 Å². The van der Waals surface area contributed by atoms with Crippen LogP contribution in [-0.2, 0) is 18.3 Å². The van der Waals surface area contributed by atoms with Gasteiger partial charge >= 0.3 is 0 Å². The van der Waals surface area contributed by atoms with Gasteiger partial charge in [-0.3, -0.25) is 4.79 Å². The summed E-state index contributed by atoms with van der Waals surface area (Å²) in [4.78, 5) is 12.1. The third-order valence-electron chi connectivity index (χ3n) is 3.66. The predicted octanol–water partition coefficient (Wildman–Crippen LogP) is 2.72. The van der Waals surface area contributed by atoms with E-state index < -0.39 is 0 Å². The van der Waals surface area contributed by atoms with Crippen molar-refractivity contribution in [3.05, 3.63) is 66.0 Å². The summed E-state index contributed by atoms with van der Waals surface area (Å²) in [5.74, 6) is 1.04. The Bertz CT molecular complexity index is 846. The first-order chi connectivity index (χ1) is 12.1. The van der Waals surface area contributed by atoms with Gasteiger partial charge in [-0.25, -0.2) is 0 Å². The Morgan fingerprint density at radius 3 is 2.56 bits per heavy atom. The number of nitrogens with zero attached hydrogens (tertiary/aromatic N) is 3. The van der Waals surface area contributed by atoms with E-state index in [2.05, 4.69) is 27.6 Å². The molecule has 1 heterocycles. The highest BCUT2D eigenvalue weighted by atomic mass is 32.2. The van der Waals surface area contributed by atoms with E-state index in [0.29, 0.717) is 12.1 Å². The van der Waals surface area contributed by atoms with Crippen molar-refractivity contribution in [1.29, 1.82) is 0 Å². The lowest BCUT2D eigenvalue weighted by Gasteiger charge is -2.06. The first-order valence-electron chi connectivity index (χ1n) is 7.82. The largest absolute Gasteiger partial charge is 0.399 e. The van der Waals surface area contributed by atoms with Gasteiger partial charge in [0.25, 0.3) is 0 Å². The van der Waals surface area contributed by atoms with Crippen molar-refractivity contribution in [1.82, 2.24) is 14.8 Å². The highest BCUT2D eigenvalue weighted by Gasteiger charge is 2.12. The van der Waals surface area contributed by atoms with Crippen LogP contribution in [0.5, 0.6) is 0 Å². The summed E-state index contributed by atoms with van der Waals surface area (Å²) in [7, 11) is 1.92. The number of nitrogen functional groups attached to an aromatic ring is 1. The van der Waals surface area contributed by atoms with Gasteiger partial charge in [-0.15, -0.1) is 10.2 Å². The quantitative estimate of drug-likeness (QED) is 0.526. The van der Waals surface area contributed by atoms with Crippen LogP contribution in [0.3, 0.4) is 0 Å². The normalized spacial score (nSPS) is 10.6. The summed E-state index contributed by atoms with van der Waals surface area (Å²) in [5, 5.41) is 12.0. The van der Waals surface area contributed by atoms with Crippen LogP contribution in [0.15, 0.2) is 59.8 Å². The number of nitrogens with one attached hydrogen (secondary N) is 1. The van der Waals surface area contributed by atoms with E-state index in [1.54, 1.807) is 24.3 Å². The molecule has 0 fully saturated rings. The number of nitrogens with two attached hydrogens (primary N) is 1. The Morgan fingerprint density at radius 2 is 1.84 bits per heavy atom. The van der Waals surface area contributed by atoms with E-state index in [-0.39, 0.29) is 11.7 Å². The number of carbonyl (C=O) groups is 1. The van der Waals surface area contributed by atoms with Crippen LogP contribution in [0.2, 0.25) is 0 Å². The van der Waals surface area contributed by atoms with Crippen molar-refractivity contribution >= 4 is 29.0 Å². The van der Waals surface area contributed by atoms with E-state index in [1.165, 1.54) is 17.3 Å². The monoisotopic (exact) mass is 353 g/mol. The highest BCUT2D eigenvalue weighted by Crippen LogP contribution is 2.18.